The molecule has 0 amide bonds. The summed E-state index contributed by atoms with van der Waals surface area (Å²) in [7, 11) is 0. The summed E-state index contributed by atoms with van der Waals surface area (Å²) in [5.41, 5.74) is 0.181. The number of carboxylic acids is 1. The standard InChI is InChI=1S/C15H22O5/c1-3-4-6-10(2)7-5-8-11-14(18)12(9-13(16)17)20-15(11)19/h9-10,18H,3-8H2,1-2H3,(H,16,17)/b12-9-. The molecule has 1 atom stereocenters. The van der Waals surface area contributed by atoms with E-state index in [0.717, 1.165) is 19.3 Å². The number of rotatable bonds is 8. The van der Waals surface area contributed by atoms with Crippen molar-refractivity contribution in [3.63, 3.8) is 0 Å². The fourth-order valence-corrected chi connectivity index (χ4v) is 2.21. The minimum atomic E-state index is -1.26. The second-order valence-electron chi connectivity index (χ2n) is 5.20. The van der Waals surface area contributed by atoms with Crippen LogP contribution in [0.4, 0.5) is 0 Å². The molecule has 0 bridgehead atoms. The van der Waals surface area contributed by atoms with E-state index in [2.05, 4.69) is 13.8 Å². The molecular formula is C15H22O5. The zero-order valence-electron chi connectivity index (χ0n) is 12.0. The molecule has 20 heavy (non-hydrogen) atoms. The number of hydrogen-bond acceptors (Lipinski definition) is 4. The molecule has 5 nitrogen and oxygen atoms in total. The third-order valence-corrected chi connectivity index (χ3v) is 3.40. The molecular weight excluding hydrogens is 260 g/mol. The Balaban J connectivity index is 2.52. The highest BCUT2D eigenvalue weighted by molar-refractivity contribution is 5.95. The summed E-state index contributed by atoms with van der Waals surface area (Å²) in [5.74, 6) is -1.91. The van der Waals surface area contributed by atoms with Gasteiger partial charge in [-0.05, 0) is 18.8 Å². The van der Waals surface area contributed by atoms with E-state index in [-0.39, 0.29) is 17.1 Å². The van der Waals surface area contributed by atoms with Crippen molar-refractivity contribution in [3.8, 4) is 0 Å². The van der Waals surface area contributed by atoms with Crippen molar-refractivity contribution in [2.75, 3.05) is 0 Å². The number of ether oxygens (including phenoxy) is 1. The maximum Gasteiger partial charge on any atom is 0.343 e. The van der Waals surface area contributed by atoms with Crippen molar-refractivity contribution >= 4 is 11.9 Å². The third-order valence-electron chi connectivity index (χ3n) is 3.40. The number of aliphatic hydroxyl groups is 1. The van der Waals surface area contributed by atoms with Gasteiger partial charge in [0.2, 0.25) is 0 Å². The highest BCUT2D eigenvalue weighted by atomic mass is 16.6. The molecule has 0 aromatic carbocycles. The van der Waals surface area contributed by atoms with Gasteiger partial charge in [0.15, 0.2) is 11.5 Å². The van der Waals surface area contributed by atoms with Crippen LogP contribution in [0.25, 0.3) is 0 Å². The molecule has 2 N–H and O–H groups in total. The molecule has 0 radical (unpaired) electrons. The van der Waals surface area contributed by atoms with Crippen LogP contribution >= 0.6 is 0 Å². The van der Waals surface area contributed by atoms with Gasteiger partial charge in [-0.2, -0.15) is 0 Å². The van der Waals surface area contributed by atoms with E-state index in [1.165, 1.54) is 12.8 Å². The lowest BCUT2D eigenvalue weighted by atomic mass is 9.96. The fraction of sp³-hybridized carbons (Fsp3) is 0.600. The molecule has 112 valence electrons. The first-order valence-electron chi connectivity index (χ1n) is 7.05. The first-order valence-corrected chi connectivity index (χ1v) is 7.05. The fourth-order valence-electron chi connectivity index (χ4n) is 2.21. The van der Waals surface area contributed by atoms with Crippen molar-refractivity contribution < 1.29 is 24.5 Å². The number of carboxylic acid groups (broad SMARTS) is 1. The molecule has 1 rings (SSSR count). The summed E-state index contributed by atoms with van der Waals surface area (Å²) in [5, 5.41) is 18.4. The Bertz CT molecular complexity index is 434. The van der Waals surface area contributed by atoms with Gasteiger partial charge in [-0.1, -0.05) is 39.5 Å². The Hall–Kier alpha value is -1.78. The summed E-state index contributed by atoms with van der Waals surface area (Å²) in [6, 6.07) is 0. The van der Waals surface area contributed by atoms with Crippen LogP contribution in [-0.4, -0.2) is 22.2 Å². The van der Waals surface area contributed by atoms with Gasteiger partial charge in [-0.15, -0.1) is 0 Å². The van der Waals surface area contributed by atoms with Crippen LogP contribution in [-0.2, 0) is 14.3 Å². The van der Waals surface area contributed by atoms with Gasteiger partial charge < -0.3 is 14.9 Å². The second kappa shape index (κ2) is 7.72. The van der Waals surface area contributed by atoms with E-state index >= 15 is 0 Å². The topological polar surface area (TPSA) is 83.8 Å². The minimum absolute atomic E-state index is 0.181. The van der Waals surface area contributed by atoms with Gasteiger partial charge in [-0.25, -0.2) is 9.59 Å². The minimum Gasteiger partial charge on any atom is -0.504 e. The normalized spacial score (nSPS) is 18.5. The molecule has 0 saturated carbocycles. The molecule has 0 aliphatic carbocycles. The Morgan fingerprint density at radius 1 is 1.35 bits per heavy atom. The quantitative estimate of drug-likeness (QED) is 0.527. The summed E-state index contributed by atoms with van der Waals surface area (Å²) in [6.07, 6.45) is 6.40. The smallest absolute Gasteiger partial charge is 0.343 e. The Labute approximate surface area is 118 Å². The van der Waals surface area contributed by atoms with E-state index < -0.39 is 11.9 Å². The molecule has 0 spiro atoms. The Morgan fingerprint density at radius 2 is 2.00 bits per heavy atom. The van der Waals surface area contributed by atoms with E-state index in [0.29, 0.717) is 18.4 Å². The predicted octanol–water partition coefficient (Wildman–Crippen LogP) is 3.32. The van der Waals surface area contributed by atoms with Crippen LogP contribution in [0.2, 0.25) is 0 Å². The highest BCUT2D eigenvalue weighted by Gasteiger charge is 2.29. The van der Waals surface area contributed by atoms with E-state index in [1.54, 1.807) is 0 Å². The van der Waals surface area contributed by atoms with Crippen LogP contribution in [0.3, 0.4) is 0 Å². The van der Waals surface area contributed by atoms with Crippen molar-refractivity contribution in [3.05, 3.63) is 23.2 Å². The second-order valence-corrected chi connectivity index (χ2v) is 5.20. The maximum atomic E-state index is 11.6. The monoisotopic (exact) mass is 282 g/mol. The van der Waals surface area contributed by atoms with Crippen LogP contribution < -0.4 is 0 Å². The number of cyclic esters (lactones) is 1. The van der Waals surface area contributed by atoms with Crippen molar-refractivity contribution in [1.82, 2.24) is 0 Å². The maximum absolute atomic E-state index is 11.6. The van der Waals surface area contributed by atoms with Crippen LogP contribution in [0.5, 0.6) is 0 Å². The lowest BCUT2D eigenvalue weighted by Crippen LogP contribution is -2.01. The van der Waals surface area contributed by atoms with Crippen molar-refractivity contribution in [2.24, 2.45) is 5.92 Å². The first-order chi connectivity index (χ1) is 9.45. The van der Waals surface area contributed by atoms with Gasteiger partial charge in [0.25, 0.3) is 0 Å². The van der Waals surface area contributed by atoms with Crippen molar-refractivity contribution in [2.45, 2.75) is 52.4 Å². The number of carbonyl (C=O) groups is 2. The zero-order chi connectivity index (χ0) is 15.1. The average Bonchev–Trinajstić information content (AvgIpc) is 2.63. The Kier molecular flexibility index (Phi) is 6.28. The summed E-state index contributed by atoms with van der Waals surface area (Å²) in [4.78, 5) is 22.1. The van der Waals surface area contributed by atoms with Gasteiger partial charge in [0.05, 0.1) is 11.6 Å². The van der Waals surface area contributed by atoms with Crippen molar-refractivity contribution in [1.29, 1.82) is 0 Å². The molecule has 1 heterocycles. The van der Waals surface area contributed by atoms with Crippen LogP contribution in [0, 0.1) is 5.92 Å². The largest absolute Gasteiger partial charge is 0.504 e. The average molecular weight is 282 g/mol. The number of aliphatic hydroxyl groups excluding tert-OH is 1. The molecule has 1 unspecified atom stereocenters. The number of carbonyl (C=O) groups excluding carboxylic acids is 1. The molecule has 0 aromatic rings. The third kappa shape index (κ3) is 4.72. The Morgan fingerprint density at radius 3 is 2.60 bits per heavy atom. The summed E-state index contributed by atoms with van der Waals surface area (Å²) in [6.45, 7) is 4.33. The van der Waals surface area contributed by atoms with Crippen LogP contribution in [0.15, 0.2) is 23.2 Å². The lowest BCUT2D eigenvalue weighted by Gasteiger charge is -2.09. The molecule has 1 aliphatic rings. The number of unbranched alkanes of at least 4 members (excludes halogenated alkanes) is 1. The molecule has 0 fully saturated rings. The van der Waals surface area contributed by atoms with E-state index in [4.69, 9.17) is 9.84 Å². The first kappa shape index (κ1) is 16.3. The number of esters is 1. The lowest BCUT2D eigenvalue weighted by molar-refractivity contribution is -0.133. The zero-order valence-corrected chi connectivity index (χ0v) is 12.0. The SMILES string of the molecule is CCCCC(C)CCCC1=C(O)/C(=C/C(=O)O)OC1=O. The van der Waals surface area contributed by atoms with Gasteiger partial charge in [0, 0.05) is 0 Å². The van der Waals surface area contributed by atoms with Gasteiger partial charge in [0.1, 0.15) is 0 Å². The molecule has 0 saturated heterocycles. The molecule has 0 aromatic heterocycles. The number of aliphatic carboxylic acids is 1. The van der Waals surface area contributed by atoms with Gasteiger partial charge >= 0.3 is 11.9 Å². The van der Waals surface area contributed by atoms with E-state index in [9.17, 15) is 14.7 Å². The van der Waals surface area contributed by atoms with Crippen LogP contribution in [0.1, 0.15) is 52.4 Å². The van der Waals surface area contributed by atoms with Gasteiger partial charge in [-0.3, -0.25) is 0 Å². The predicted molar refractivity (Wildman–Crippen MR) is 74.0 cm³/mol. The molecule has 1 aliphatic heterocycles. The summed E-state index contributed by atoms with van der Waals surface area (Å²) >= 11 is 0. The molecule has 5 heteroatoms. The number of hydrogen-bond donors (Lipinski definition) is 2. The highest BCUT2D eigenvalue weighted by Crippen LogP contribution is 2.28. The van der Waals surface area contributed by atoms with E-state index in [1.807, 2.05) is 0 Å². The summed E-state index contributed by atoms with van der Waals surface area (Å²) < 4.78 is 4.74.